The van der Waals surface area contributed by atoms with Gasteiger partial charge in [-0.25, -0.2) is 33.8 Å². The summed E-state index contributed by atoms with van der Waals surface area (Å²) in [5.41, 5.74) is 5.82. The number of carbonyl (C=O) groups is 6. The van der Waals surface area contributed by atoms with Crippen molar-refractivity contribution in [3.05, 3.63) is 88.9 Å². The molecule has 14 rings (SSSR count). The number of amides is 2. The Labute approximate surface area is 724 Å². The van der Waals surface area contributed by atoms with Crippen LogP contribution in [0.25, 0.3) is 37.8 Å². The number of benzene rings is 3. The summed E-state index contributed by atoms with van der Waals surface area (Å²) in [5.74, 6) is 0.122. The minimum absolute atomic E-state index is 0. The third-order valence-corrected chi connectivity index (χ3v) is 20.3. The minimum Gasteiger partial charge on any atom is -0.793 e. The summed E-state index contributed by atoms with van der Waals surface area (Å²) in [7, 11) is 7.79. The minimum atomic E-state index is -0.639. The average Bonchev–Trinajstić information content (AvgIpc) is 0.762. The first-order chi connectivity index (χ1) is 53.4. The average molecular weight is 1710 g/mol. The van der Waals surface area contributed by atoms with E-state index in [1.165, 1.54) is 24.9 Å². The molecule has 0 spiro atoms. The Bertz CT molecular complexity index is 3990. The van der Waals surface area contributed by atoms with Gasteiger partial charge in [0.05, 0.1) is 118 Å². The molecule has 0 unspecified atom stereocenters. The van der Waals surface area contributed by atoms with Gasteiger partial charge in [0.25, 0.3) is 0 Å². The van der Waals surface area contributed by atoms with Crippen LogP contribution in [0.4, 0.5) is 26.7 Å². The quantitative estimate of drug-likeness (QED) is 0.0628. The molecule has 635 valence electrons. The number of para-hydroxylation sites is 2. The second-order valence-corrected chi connectivity index (χ2v) is 33.2. The zero-order chi connectivity index (χ0) is 82.8. The monoisotopic (exact) mass is 1710 g/mol. The molecule has 0 saturated carbocycles. The number of nitrogens with zero attached hydrogens (tertiary/aromatic N) is 11. The van der Waals surface area contributed by atoms with E-state index in [0.29, 0.717) is 48.2 Å². The zero-order valence-electron chi connectivity index (χ0n) is 70.8. The van der Waals surface area contributed by atoms with Crippen LogP contribution in [0.1, 0.15) is 125 Å². The molecule has 0 aliphatic carbocycles. The Balaban J connectivity index is 0.000000257. The third-order valence-electron chi connectivity index (χ3n) is 19.7. The van der Waals surface area contributed by atoms with E-state index < -0.39 is 35.2 Å². The SMILES string of the molecule is C.CC(=O)OOC(C)=O.CC(C)(C)OC(=O)N1CC(=O)C1.COc1c(N2CC(N3C[C@@H](C)O[C@@H](C)C3)C2)cnc2c(Br)cccc12.C[C@@H]1CN(C2CN(C(=O)OC(C)(C)C)C2)C[C@H](C)O1.C[C@@H]1CN(C2CNC2)C[C@H](C)O1.Cl.[B-]OC(C)=O.[C-]#[N+]c1ccc(-c2cccc3c(OC)c(N4CC(N5C[C@@H](C)O[C@@H](C)C5)C4)cnc23)cc1.[Na+]. The van der Waals surface area contributed by atoms with Crippen LogP contribution >= 0.6 is 28.3 Å². The molecular weight excluding hydrogens is 1590 g/mol. The van der Waals surface area contributed by atoms with Crippen LogP contribution in [-0.2, 0) is 62.0 Å². The number of hydrogen-bond acceptors (Lipinski definition) is 26. The first-order valence-electron chi connectivity index (χ1n) is 39.0. The van der Waals surface area contributed by atoms with E-state index >= 15 is 0 Å². The number of fused-ring (bicyclic) bond motifs is 2. The fourth-order valence-corrected chi connectivity index (χ4v) is 15.1. The number of hydrogen-bond donors (Lipinski definition) is 1. The van der Waals surface area contributed by atoms with Gasteiger partial charge in [0.2, 0.25) is 5.97 Å². The number of morpholine rings is 4. The normalized spacial score (nSPS) is 23.1. The van der Waals surface area contributed by atoms with Gasteiger partial charge in [-0.3, -0.25) is 44.1 Å². The van der Waals surface area contributed by atoms with Crippen molar-refractivity contribution in [2.75, 3.05) is 142 Å². The van der Waals surface area contributed by atoms with Crippen molar-refractivity contribution >= 4 is 111 Å². The Morgan fingerprint density at radius 1 is 0.517 bits per heavy atom. The summed E-state index contributed by atoms with van der Waals surface area (Å²) >= 11 is 3.58. The van der Waals surface area contributed by atoms with Crippen molar-refractivity contribution in [2.24, 2.45) is 0 Å². The van der Waals surface area contributed by atoms with Gasteiger partial charge in [-0.1, -0.05) is 49.9 Å². The van der Waals surface area contributed by atoms with E-state index in [2.05, 4.69) is 157 Å². The number of aromatic nitrogens is 2. The number of likely N-dealkylation sites (tertiary alicyclic amines) is 2. The molecule has 3 radical (unpaired) electrons. The number of ether oxygens (including phenoxy) is 8. The van der Waals surface area contributed by atoms with Gasteiger partial charge in [-0.15, -0.1) is 12.4 Å². The van der Waals surface area contributed by atoms with E-state index in [9.17, 15) is 28.8 Å². The summed E-state index contributed by atoms with van der Waals surface area (Å²) in [6, 6.07) is 22.3. The maximum absolute atomic E-state index is 11.9. The van der Waals surface area contributed by atoms with Gasteiger partial charge >= 0.3 is 53.7 Å². The second kappa shape index (κ2) is 46.2. The maximum Gasteiger partial charge on any atom is 1.00 e. The van der Waals surface area contributed by atoms with Gasteiger partial charge < -0.3 is 70.6 Å². The van der Waals surface area contributed by atoms with Crippen LogP contribution in [0.2, 0.25) is 0 Å². The molecule has 9 saturated heterocycles. The van der Waals surface area contributed by atoms with Crippen molar-refractivity contribution in [3.63, 3.8) is 0 Å². The topological polar surface area (TPSA) is 272 Å². The molecule has 1 N–H and O–H groups in total. The molecule has 5 aromatic rings. The van der Waals surface area contributed by atoms with Crippen molar-refractivity contribution in [2.45, 2.75) is 209 Å². The summed E-state index contributed by atoms with van der Waals surface area (Å²) in [6.07, 6.45) is 5.85. The number of methoxy groups -OCH3 is 2. The van der Waals surface area contributed by atoms with Crippen molar-refractivity contribution in [3.8, 4) is 22.6 Å². The van der Waals surface area contributed by atoms with Crippen LogP contribution < -0.4 is 54.1 Å². The van der Waals surface area contributed by atoms with E-state index in [1.807, 2.05) is 75.6 Å². The number of nitrogens with one attached hydrogen (secondary N) is 1. The van der Waals surface area contributed by atoms with E-state index in [1.54, 1.807) is 39.9 Å². The number of carbonyl (C=O) groups excluding carboxylic acids is 6. The largest absolute Gasteiger partial charge is 1.00 e. The Morgan fingerprint density at radius 3 is 1.19 bits per heavy atom. The smallest absolute Gasteiger partial charge is 0.793 e. The molecule has 9 aliphatic rings. The van der Waals surface area contributed by atoms with Gasteiger partial charge in [0.15, 0.2) is 23.0 Å². The molecule has 11 heterocycles. The summed E-state index contributed by atoms with van der Waals surface area (Å²) in [4.78, 5) is 101. The molecule has 8 atom stereocenters. The van der Waals surface area contributed by atoms with Crippen LogP contribution in [0.3, 0.4) is 0 Å². The molecule has 9 fully saturated rings. The second-order valence-electron chi connectivity index (χ2n) is 32.3. The Kier molecular flexibility index (Phi) is 39.7. The molecule has 2 aromatic heterocycles. The van der Waals surface area contributed by atoms with Crippen molar-refractivity contribution in [1.29, 1.82) is 0 Å². The Hall–Kier alpha value is -6.74. The van der Waals surface area contributed by atoms with Crippen LogP contribution in [-0.4, -0.2) is 300 Å². The molecule has 116 heavy (non-hydrogen) atoms. The van der Waals surface area contributed by atoms with E-state index in [0.717, 1.165) is 172 Å². The fraction of sp³-hybridized carbons (Fsp3) is 0.627. The third kappa shape index (κ3) is 29.6. The molecule has 3 aromatic carbocycles. The summed E-state index contributed by atoms with van der Waals surface area (Å²) in [6.45, 7) is 55.3. The fourth-order valence-electron chi connectivity index (χ4n) is 14.6. The number of Topliss-reactive ketones (excluding diaryl/α,β-unsaturated/α-hetero) is 1. The Morgan fingerprint density at radius 2 is 0.862 bits per heavy atom. The molecule has 2 amide bonds. The zero-order valence-corrected chi connectivity index (χ0v) is 75.2. The number of anilines is 2. The van der Waals surface area contributed by atoms with Crippen LogP contribution in [0.5, 0.6) is 11.5 Å². The first-order valence-corrected chi connectivity index (χ1v) is 39.7. The molecule has 29 nitrogen and oxygen atoms in total. The number of halogens is 2. The predicted molar refractivity (Wildman–Crippen MR) is 450 cm³/mol. The molecule has 33 heteroatoms. The van der Waals surface area contributed by atoms with Gasteiger partial charge in [0.1, 0.15) is 11.2 Å². The molecule has 9 aliphatic heterocycles. The summed E-state index contributed by atoms with van der Waals surface area (Å²) < 4.78 is 49.8. The number of ketones is 1. The predicted octanol–water partition coefficient (Wildman–Crippen LogP) is 8.37. The van der Waals surface area contributed by atoms with Gasteiger partial charge in [-0.2, -0.15) is 0 Å². The van der Waals surface area contributed by atoms with E-state index in [-0.39, 0.29) is 98.8 Å². The van der Waals surface area contributed by atoms with Crippen LogP contribution in [0.15, 0.2) is 77.5 Å². The maximum atomic E-state index is 11.9. The van der Waals surface area contributed by atoms with Crippen LogP contribution in [0, 0.1) is 6.57 Å². The number of pyridine rings is 2. The van der Waals surface area contributed by atoms with Gasteiger partial charge in [0, 0.05) is 170 Å². The van der Waals surface area contributed by atoms with Gasteiger partial charge in [-0.05, 0) is 137 Å². The molecule has 0 bridgehead atoms. The molecular formula is C83H123BBrClN12NaO17. The van der Waals surface area contributed by atoms with Crippen molar-refractivity contribution < 1.29 is 111 Å². The van der Waals surface area contributed by atoms with Crippen molar-refractivity contribution in [1.82, 2.24) is 44.7 Å². The number of rotatable bonds is 9. The summed E-state index contributed by atoms with van der Waals surface area (Å²) in [5, 5.41) is 5.36. The van der Waals surface area contributed by atoms with E-state index in [4.69, 9.17) is 49.5 Å². The first kappa shape index (κ1) is 99.8. The standard InChI is InChI=1S/C26H28N4O2.C19H24BrN3O2.C14H26N2O3.C9H18N2O.C8H13NO3.C4H6O4.C2H3BO2.CH4.ClH.Na/c1-17-13-29(14-18(2)32-17)21-15-30(16-21)24-12-28-25-22(6-5-7-23(25)26(24)31-4)19-8-10-20(27-3)11-9-19;1-12-8-22(9-13(2)25-12)14-10-23(11-14)17-7-21-18-15(19(17)24-3)5-4-6-16(18)20;1-10-6-15(7-11(2)18-10)12-8-16(9-12)13(17)19-14(3,4)5;1-7-5-11(6-8(2)12-7)9-3-10-4-9;1-8(2,3)12-7(11)9-4-6(10)5-9;1-3(5)7-8-4(2)6;1-2(4)5-3;;;/h5-12,17-18,21H,13-16H2,1-2,4H3;4-7,12-14H,8-11H2,1-3H3;10-12H,6-9H2,1-5H3;7-10H,3-6H2,1-2H3;4-5H2,1-3H3;1-2H3;1H3;1H4;1H;/q;;;;;;-1;;;+1/t17-,18+;12-,13+;10-,11+;7-,8+;;;;;;.